The Morgan fingerprint density at radius 1 is 1.30 bits per heavy atom. The van der Waals surface area contributed by atoms with Gasteiger partial charge in [0.05, 0.1) is 18.1 Å². The Labute approximate surface area is 130 Å². The third-order valence-electron chi connectivity index (χ3n) is 2.80. The van der Waals surface area contributed by atoms with E-state index in [1.54, 1.807) is 7.11 Å². The minimum Gasteiger partial charge on any atom is -0.496 e. The summed E-state index contributed by atoms with van der Waals surface area (Å²) in [5.74, 6) is 1.71. The van der Waals surface area contributed by atoms with Gasteiger partial charge in [0.2, 0.25) is 0 Å². The van der Waals surface area contributed by atoms with E-state index in [0.29, 0.717) is 6.54 Å². The molecule has 2 N–H and O–H groups in total. The number of halogens is 1. The van der Waals surface area contributed by atoms with Gasteiger partial charge in [-0.2, -0.15) is 0 Å². The van der Waals surface area contributed by atoms with Crippen LogP contribution in [0.1, 0.15) is 32.3 Å². The molecule has 0 unspecified atom stereocenters. The second-order valence-electron chi connectivity index (χ2n) is 4.44. The second-order valence-corrected chi connectivity index (χ2v) is 5.30. The first-order valence-corrected chi connectivity index (χ1v) is 7.85. The minimum atomic E-state index is 0.643. The maximum atomic E-state index is 5.22. The highest BCUT2D eigenvalue weighted by Crippen LogP contribution is 2.25. The van der Waals surface area contributed by atoms with Crippen LogP contribution in [0.25, 0.3) is 0 Å². The molecule has 0 aliphatic heterocycles. The molecule has 20 heavy (non-hydrogen) atoms. The first-order chi connectivity index (χ1) is 9.71. The Balaban J connectivity index is 2.63. The van der Waals surface area contributed by atoms with Crippen LogP contribution in [0.15, 0.2) is 27.7 Å². The largest absolute Gasteiger partial charge is 0.496 e. The molecule has 0 aromatic heterocycles. The Hall–Kier alpha value is -1.23. The normalized spacial score (nSPS) is 11.3. The lowest BCUT2D eigenvalue weighted by Crippen LogP contribution is -2.37. The highest BCUT2D eigenvalue weighted by atomic mass is 79.9. The molecule has 112 valence electrons. The number of hydrogen-bond acceptors (Lipinski definition) is 2. The summed E-state index contributed by atoms with van der Waals surface area (Å²) in [4.78, 5) is 4.58. The highest BCUT2D eigenvalue weighted by Gasteiger charge is 2.02. The van der Waals surface area contributed by atoms with Gasteiger partial charge in [0.1, 0.15) is 5.75 Å². The SMILES string of the molecule is CCCCNC(=NCc1ccc(OC)c(Br)c1)NCC. The summed E-state index contributed by atoms with van der Waals surface area (Å²) in [5, 5.41) is 6.58. The van der Waals surface area contributed by atoms with E-state index in [1.807, 2.05) is 18.2 Å². The van der Waals surface area contributed by atoms with Crippen molar-refractivity contribution in [3.63, 3.8) is 0 Å². The van der Waals surface area contributed by atoms with Crippen LogP contribution in [-0.4, -0.2) is 26.2 Å². The van der Waals surface area contributed by atoms with Gasteiger partial charge < -0.3 is 15.4 Å². The molecule has 0 heterocycles. The van der Waals surface area contributed by atoms with Crippen LogP contribution in [0.4, 0.5) is 0 Å². The Bertz CT molecular complexity index is 435. The number of guanidine groups is 1. The van der Waals surface area contributed by atoms with Crippen LogP contribution >= 0.6 is 15.9 Å². The van der Waals surface area contributed by atoms with Crippen molar-refractivity contribution in [1.82, 2.24) is 10.6 Å². The van der Waals surface area contributed by atoms with Crippen LogP contribution < -0.4 is 15.4 Å². The predicted molar refractivity (Wildman–Crippen MR) is 88.4 cm³/mol. The molecule has 0 radical (unpaired) electrons. The van der Waals surface area contributed by atoms with E-state index >= 15 is 0 Å². The average Bonchev–Trinajstić information content (AvgIpc) is 2.45. The molecule has 0 saturated heterocycles. The number of unbranched alkanes of at least 4 members (excludes halogenated alkanes) is 1. The topological polar surface area (TPSA) is 45.7 Å². The van der Waals surface area contributed by atoms with Gasteiger partial charge in [-0.25, -0.2) is 4.99 Å². The zero-order valence-electron chi connectivity index (χ0n) is 12.5. The van der Waals surface area contributed by atoms with Gasteiger partial charge in [-0.1, -0.05) is 19.4 Å². The summed E-state index contributed by atoms with van der Waals surface area (Å²) in [6.45, 7) is 6.71. The quantitative estimate of drug-likeness (QED) is 0.454. The number of nitrogens with one attached hydrogen (secondary N) is 2. The summed E-state index contributed by atoms with van der Waals surface area (Å²) >= 11 is 3.49. The Morgan fingerprint density at radius 3 is 2.70 bits per heavy atom. The number of methoxy groups -OCH3 is 1. The summed E-state index contributed by atoms with van der Waals surface area (Å²) in [6, 6.07) is 6.02. The number of nitrogens with zero attached hydrogens (tertiary/aromatic N) is 1. The number of rotatable bonds is 7. The third-order valence-corrected chi connectivity index (χ3v) is 3.42. The number of hydrogen-bond donors (Lipinski definition) is 2. The van der Waals surface area contributed by atoms with E-state index in [2.05, 4.69) is 45.4 Å². The molecular weight excluding hydrogens is 318 g/mol. The molecule has 0 atom stereocenters. The van der Waals surface area contributed by atoms with Crippen molar-refractivity contribution in [2.24, 2.45) is 4.99 Å². The lowest BCUT2D eigenvalue weighted by atomic mass is 10.2. The maximum absolute atomic E-state index is 5.22. The number of benzene rings is 1. The molecule has 0 fully saturated rings. The fourth-order valence-corrected chi connectivity index (χ4v) is 2.29. The minimum absolute atomic E-state index is 0.643. The van der Waals surface area contributed by atoms with E-state index in [1.165, 1.54) is 6.42 Å². The van der Waals surface area contributed by atoms with Gasteiger partial charge in [-0.15, -0.1) is 0 Å². The van der Waals surface area contributed by atoms with E-state index in [9.17, 15) is 0 Å². The third kappa shape index (κ3) is 5.82. The highest BCUT2D eigenvalue weighted by molar-refractivity contribution is 9.10. The molecule has 0 aliphatic carbocycles. The lowest BCUT2D eigenvalue weighted by molar-refractivity contribution is 0.412. The molecule has 0 saturated carbocycles. The van der Waals surface area contributed by atoms with Gasteiger partial charge >= 0.3 is 0 Å². The standard InChI is InChI=1S/C15H24BrN3O/c1-4-6-9-18-15(17-5-2)19-11-12-7-8-14(20-3)13(16)10-12/h7-8,10H,4-6,9,11H2,1-3H3,(H2,17,18,19). The van der Waals surface area contributed by atoms with Gasteiger partial charge in [0.15, 0.2) is 5.96 Å². The zero-order valence-corrected chi connectivity index (χ0v) is 14.1. The predicted octanol–water partition coefficient (Wildman–Crippen LogP) is 3.31. The van der Waals surface area contributed by atoms with Gasteiger partial charge in [-0.3, -0.25) is 0 Å². The Morgan fingerprint density at radius 2 is 2.10 bits per heavy atom. The van der Waals surface area contributed by atoms with Crippen LogP contribution in [0, 0.1) is 0 Å². The van der Waals surface area contributed by atoms with Crippen molar-refractivity contribution < 1.29 is 4.74 Å². The molecule has 1 aromatic rings. The molecule has 5 heteroatoms. The Kier molecular flexibility index (Phi) is 8.11. The van der Waals surface area contributed by atoms with Gasteiger partial charge in [0.25, 0.3) is 0 Å². The molecule has 4 nitrogen and oxygen atoms in total. The van der Waals surface area contributed by atoms with Crippen LogP contribution in [0.5, 0.6) is 5.75 Å². The first-order valence-electron chi connectivity index (χ1n) is 7.05. The molecule has 0 bridgehead atoms. The second kappa shape index (κ2) is 9.64. The average molecular weight is 342 g/mol. The van der Waals surface area contributed by atoms with Crippen molar-refractivity contribution in [3.05, 3.63) is 28.2 Å². The summed E-state index contributed by atoms with van der Waals surface area (Å²) in [6.07, 6.45) is 2.33. The van der Waals surface area contributed by atoms with Crippen LogP contribution in [-0.2, 0) is 6.54 Å². The molecular formula is C15H24BrN3O. The van der Waals surface area contributed by atoms with Crippen LogP contribution in [0.3, 0.4) is 0 Å². The maximum Gasteiger partial charge on any atom is 0.191 e. The summed E-state index contributed by atoms with van der Waals surface area (Å²) < 4.78 is 6.18. The number of ether oxygens (including phenoxy) is 1. The van der Waals surface area contributed by atoms with Crippen molar-refractivity contribution in [3.8, 4) is 5.75 Å². The van der Waals surface area contributed by atoms with Gasteiger partial charge in [0, 0.05) is 13.1 Å². The van der Waals surface area contributed by atoms with Crippen molar-refractivity contribution in [2.45, 2.75) is 33.2 Å². The first kappa shape index (κ1) is 16.8. The van der Waals surface area contributed by atoms with E-state index in [0.717, 1.165) is 41.3 Å². The molecule has 1 rings (SSSR count). The van der Waals surface area contributed by atoms with E-state index in [4.69, 9.17) is 4.74 Å². The van der Waals surface area contributed by atoms with Crippen molar-refractivity contribution in [1.29, 1.82) is 0 Å². The lowest BCUT2D eigenvalue weighted by Gasteiger charge is -2.11. The summed E-state index contributed by atoms with van der Waals surface area (Å²) in [7, 11) is 1.67. The molecule has 0 amide bonds. The van der Waals surface area contributed by atoms with Crippen LogP contribution in [0.2, 0.25) is 0 Å². The van der Waals surface area contributed by atoms with Crippen molar-refractivity contribution in [2.75, 3.05) is 20.2 Å². The molecule has 0 aliphatic rings. The van der Waals surface area contributed by atoms with E-state index < -0.39 is 0 Å². The smallest absolute Gasteiger partial charge is 0.191 e. The monoisotopic (exact) mass is 341 g/mol. The molecule has 0 spiro atoms. The summed E-state index contributed by atoms with van der Waals surface area (Å²) in [5.41, 5.74) is 1.14. The van der Waals surface area contributed by atoms with E-state index in [-0.39, 0.29) is 0 Å². The number of aliphatic imine (C=N–C) groups is 1. The van der Waals surface area contributed by atoms with Crippen molar-refractivity contribution >= 4 is 21.9 Å². The fourth-order valence-electron chi connectivity index (χ4n) is 1.70. The van der Waals surface area contributed by atoms with Gasteiger partial charge in [-0.05, 0) is 47.0 Å². The molecule has 1 aromatic carbocycles. The fraction of sp³-hybridized carbons (Fsp3) is 0.533. The zero-order chi connectivity index (χ0) is 14.8.